The Balaban J connectivity index is 1.68. The molecule has 1 atom stereocenters. The number of hydrogen-bond donors (Lipinski definition) is 1. The molecule has 1 aliphatic rings. The number of hydrogen-bond acceptors (Lipinski definition) is 3. The van der Waals surface area contributed by atoms with E-state index >= 15 is 0 Å². The summed E-state index contributed by atoms with van der Waals surface area (Å²) in [6, 6.07) is 9.87. The Hall–Kier alpha value is -1.32. The van der Waals surface area contributed by atoms with E-state index in [1.165, 1.54) is 12.8 Å². The van der Waals surface area contributed by atoms with Gasteiger partial charge in [0.2, 0.25) is 0 Å². The van der Waals surface area contributed by atoms with Crippen LogP contribution in [-0.2, 0) is 0 Å². The van der Waals surface area contributed by atoms with Crippen molar-refractivity contribution in [1.29, 1.82) is 0 Å². The van der Waals surface area contributed by atoms with Crippen molar-refractivity contribution in [1.82, 2.24) is 4.90 Å². The third-order valence-corrected chi connectivity index (χ3v) is 3.96. The normalized spacial score (nSPS) is 16.9. The zero-order valence-electron chi connectivity index (χ0n) is 12.1. The van der Waals surface area contributed by atoms with Crippen molar-refractivity contribution in [2.24, 2.45) is 5.92 Å². The third-order valence-electron chi connectivity index (χ3n) is 3.96. The summed E-state index contributed by atoms with van der Waals surface area (Å²) in [7, 11) is 0. The van der Waals surface area contributed by atoms with Crippen LogP contribution in [-0.4, -0.2) is 29.6 Å². The molecule has 3 rings (SSSR count). The van der Waals surface area contributed by atoms with E-state index in [9.17, 15) is 5.11 Å². The molecule has 1 aromatic carbocycles. The average molecular weight is 273 g/mol. The van der Waals surface area contributed by atoms with Crippen LogP contribution >= 0.6 is 0 Å². The standard InChI is InChI=1S/C17H23NO2/c1-2-9-18(11-13-7-8-13)12-15(19)17-10-14-5-3-4-6-16(14)20-17/h3-6,10,13,15,19H,2,7-9,11-12H2,1H3. The van der Waals surface area contributed by atoms with E-state index in [2.05, 4.69) is 11.8 Å². The summed E-state index contributed by atoms with van der Waals surface area (Å²) < 4.78 is 5.75. The molecule has 0 saturated heterocycles. The Kier molecular flexibility index (Phi) is 4.08. The van der Waals surface area contributed by atoms with Crippen LogP contribution < -0.4 is 0 Å². The average Bonchev–Trinajstić information content (AvgIpc) is 3.14. The lowest BCUT2D eigenvalue weighted by Gasteiger charge is -2.23. The van der Waals surface area contributed by atoms with Crippen LogP contribution in [0.4, 0.5) is 0 Å². The van der Waals surface area contributed by atoms with Crippen molar-refractivity contribution in [3.8, 4) is 0 Å². The topological polar surface area (TPSA) is 36.6 Å². The molecule has 20 heavy (non-hydrogen) atoms. The van der Waals surface area contributed by atoms with E-state index in [0.29, 0.717) is 12.3 Å². The largest absolute Gasteiger partial charge is 0.458 e. The molecule has 1 N–H and O–H groups in total. The molecule has 1 aromatic heterocycles. The van der Waals surface area contributed by atoms with E-state index in [4.69, 9.17) is 4.42 Å². The third kappa shape index (κ3) is 3.22. The fourth-order valence-electron chi connectivity index (χ4n) is 2.74. The second-order valence-electron chi connectivity index (χ2n) is 5.91. The van der Waals surface area contributed by atoms with Crippen LogP contribution in [0.25, 0.3) is 11.0 Å². The van der Waals surface area contributed by atoms with Crippen molar-refractivity contribution in [3.05, 3.63) is 36.1 Å². The van der Waals surface area contributed by atoms with Gasteiger partial charge in [-0.05, 0) is 43.9 Å². The minimum Gasteiger partial charge on any atom is -0.458 e. The zero-order chi connectivity index (χ0) is 13.9. The first-order valence-corrected chi connectivity index (χ1v) is 7.65. The van der Waals surface area contributed by atoms with Crippen molar-refractivity contribution < 1.29 is 9.52 Å². The number of nitrogens with zero attached hydrogens (tertiary/aromatic N) is 1. The highest BCUT2D eigenvalue weighted by Gasteiger charge is 2.25. The van der Waals surface area contributed by atoms with Gasteiger partial charge in [-0.1, -0.05) is 25.1 Å². The summed E-state index contributed by atoms with van der Waals surface area (Å²) in [6.45, 7) is 5.02. The maximum Gasteiger partial charge on any atom is 0.135 e. The molecular weight excluding hydrogens is 250 g/mol. The van der Waals surface area contributed by atoms with E-state index in [1.807, 2.05) is 30.3 Å². The predicted molar refractivity (Wildman–Crippen MR) is 80.6 cm³/mol. The van der Waals surface area contributed by atoms with Crippen molar-refractivity contribution in [2.45, 2.75) is 32.3 Å². The van der Waals surface area contributed by atoms with E-state index in [-0.39, 0.29) is 0 Å². The number of aliphatic hydroxyl groups excluding tert-OH is 1. The van der Waals surface area contributed by atoms with Crippen LogP contribution in [0.5, 0.6) is 0 Å². The Morgan fingerprint density at radius 1 is 1.35 bits per heavy atom. The second kappa shape index (κ2) is 5.98. The van der Waals surface area contributed by atoms with E-state index < -0.39 is 6.10 Å². The van der Waals surface area contributed by atoms with Gasteiger partial charge in [-0.3, -0.25) is 0 Å². The lowest BCUT2D eigenvalue weighted by Crippen LogP contribution is -2.31. The molecule has 1 saturated carbocycles. The summed E-state index contributed by atoms with van der Waals surface area (Å²) in [5.74, 6) is 1.53. The Bertz CT molecular complexity index is 526. The molecule has 1 heterocycles. The summed E-state index contributed by atoms with van der Waals surface area (Å²) in [4.78, 5) is 2.37. The highest BCUT2D eigenvalue weighted by molar-refractivity contribution is 5.77. The smallest absolute Gasteiger partial charge is 0.135 e. The van der Waals surface area contributed by atoms with Crippen LogP contribution in [0.3, 0.4) is 0 Å². The summed E-state index contributed by atoms with van der Waals surface area (Å²) in [5, 5.41) is 11.5. The first kappa shape index (κ1) is 13.7. The number of furan rings is 1. The van der Waals surface area contributed by atoms with Crippen LogP contribution in [0.2, 0.25) is 0 Å². The van der Waals surface area contributed by atoms with Gasteiger partial charge in [0.25, 0.3) is 0 Å². The van der Waals surface area contributed by atoms with Gasteiger partial charge in [0, 0.05) is 18.5 Å². The van der Waals surface area contributed by atoms with Gasteiger partial charge in [-0.2, -0.15) is 0 Å². The molecule has 3 heteroatoms. The fraction of sp³-hybridized carbons (Fsp3) is 0.529. The summed E-state index contributed by atoms with van der Waals surface area (Å²) >= 11 is 0. The van der Waals surface area contributed by atoms with Crippen LogP contribution in [0.1, 0.15) is 38.1 Å². The number of rotatable bonds is 7. The highest BCUT2D eigenvalue weighted by Crippen LogP contribution is 2.31. The van der Waals surface area contributed by atoms with Gasteiger partial charge in [0.05, 0.1) is 0 Å². The molecule has 1 unspecified atom stereocenters. The van der Waals surface area contributed by atoms with Crippen molar-refractivity contribution >= 4 is 11.0 Å². The molecule has 0 bridgehead atoms. The fourth-order valence-corrected chi connectivity index (χ4v) is 2.74. The summed E-state index contributed by atoms with van der Waals surface area (Å²) in [5.41, 5.74) is 0.853. The Morgan fingerprint density at radius 3 is 2.85 bits per heavy atom. The molecule has 0 aliphatic heterocycles. The van der Waals surface area contributed by atoms with Crippen molar-refractivity contribution in [3.63, 3.8) is 0 Å². The monoisotopic (exact) mass is 273 g/mol. The quantitative estimate of drug-likeness (QED) is 0.837. The lowest BCUT2D eigenvalue weighted by molar-refractivity contribution is 0.0935. The predicted octanol–water partition coefficient (Wildman–Crippen LogP) is 3.59. The SMILES string of the molecule is CCCN(CC1CC1)CC(O)c1cc2ccccc2o1. The minimum absolute atomic E-state index is 0.535. The molecule has 1 fully saturated rings. The minimum atomic E-state index is -0.535. The number of fused-ring (bicyclic) bond motifs is 1. The highest BCUT2D eigenvalue weighted by atomic mass is 16.4. The van der Waals surface area contributed by atoms with Gasteiger partial charge in [0.1, 0.15) is 17.4 Å². The van der Waals surface area contributed by atoms with Crippen LogP contribution in [0, 0.1) is 5.92 Å². The molecule has 3 nitrogen and oxygen atoms in total. The van der Waals surface area contributed by atoms with Crippen molar-refractivity contribution in [2.75, 3.05) is 19.6 Å². The second-order valence-corrected chi connectivity index (χ2v) is 5.91. The zero-order valence-corrected chi connectivity index (χ0v) is 12.1. The lowest BCUT2D eigenvalue weighted by atomic mass is 10.2. The van der Waals surface area contributed by atoms with Gasteiger partial charge >= 0.3 is 0 Å². The maximum absolute atomic E-state index is 10.4. The Labute approximate surface area is 120 Å². The van der Waals surface area contributed by atoms with Gasteiger partial charge < -0.3 is 14.4 Å². The number of aliphatic hydroxyl groups is 1. The summed E-state index contributed by atoms with van der Waals surface area (Å²) in [6.07, 6.45) is 3.29. The molecule has 2 aromatic rings. The molecule has 0 amide bonds. The van der Waals surface area contributed by atoms with Gasteiger partial charge in [0.15, 0.2) is 0 Å². The number of benzene rings is 1. The van der Waals surface area contributed by atoms with E-state index in [0.717, 1.165) is 36.4 Å². The van der Waals surface area contributed by atoms with E-state index in [1.54, 1.807) is 0 Å². The van der Waals surface area contributed by atoms with Gasteiger partial charge in [-0.15, -0.1) is 0 Å². The molecular formula is C17H23NO2. The maximum atomic E-state index is 10.4. The molecule has 0 radical (unpaired) electrons. The molecule has 1 aliphatic carbocycles. The molecule has 108 valence electrons. The first-order valence-electron chi connectivity index (χ1n) is 7.65. The van der Waals surface area contributed by atoms with Crippen LogP contribution in [0.15, 0.2) is 34.7 Å². The Morgan fingerprint density at radius 2 is 2.15 bits per heavy atom. The number of para-hydroxylation sites is 1. The molecule has 0 spiro atoms. The first-order chi connectivity index (χ1) is 9.76. The van der Waals surface area contributed by atoms with Gasteiger partial charge in [-0.25, -0.2) is 0 Å².